The molecule has 1 aliphatic carbocycles. The van der Waals surface area contributed by atoms with E-state index in [4.69, 9.17) is 0 Å². The Bertz CT molecular complexity index is 840. The zero-order valence-electron chi connectivity index (χ0n) is 17.4. The van der Waals surface area contributed by atoms with Crippen molar-refractivity contribution >= 4 is 23.6 Å². The lowest BCUT2D eigenvalue weighted by Gasteiger charge is -2.29. The number of amides is 2. The summed E-state index contributed by atoms with van der Waals surface area (Å²) in [5.41, 5.74) is 1.56. The van der Waals surface area contributed by atoms with Crippen molar-refractivity contribution < 1.29 is 14.0 Å². The number of nitrogens with one attached hydrogen (secondary N) is 1. The highest BCUT2D eigenvalue weighted by Gasteiger charge is 2.28. The van der Waals surface area contributed by atoms with Gasteiger partial charge < -0.3 is 10.2 Å². The summed E-state index contributed by atoms with van der Waals surface area (Å²) in [4.78, 5) is 27.5. The highest BCUT2D eigenvalue weighted by Crippen LogP contribution is 2.20. The van der Waals surface area contributed by atoms with Crippen LogP contribution in [-0.2, 0) is 21.9 Å². The molecule has 1 atom stereocenters. The lowest BCUT2D eigenvalue weighted by molar-refractivity contribution is -0.138. The van der Waals surface area contributed by atoms with Gasteiger partial charge in [-0.1, -0.05) is 61.4 Å². The molecule has 2 aromatic rings. The molecule has 1 N–H and O–H groups in total. The maximum atomic E-state index is 13.8. The second kappa shape index (κ2) is 11.2. The number of carbonyl (C=O) groups is 2. The van der Waals surface area contributed by atoms with Gasteiger partial charge >= 0.3 is 0 Å². The fourth-order valence-corrected chi connectivity index (χ4v) is 4.60. The number of thioether (sulfide) groups is 1. The van der Waals surface area contributed by atoms with Crippen molar-refractivity contribution in [3.05, 3.63) is 71.5 Å². The van der Waals surface area contributed by atoms with E-state index in [-0.39, 0.29) is 29.4 Å². The van der Waals surface area contributed by atoms with Gasteiger partial charge in [0.1, 0.15) is 11.9 Å². The van der Waals surface area contributed by atoms with Crippen molar-refractivity contribution in [3.8, 4) is 0 Å². The van der Waals surface area contributed by atoms with Gasteiger partial charge in [0, 0.05) is 18.3 Å². The zero-order chi connectivity index (χ0) is 21.3. The van der Waals surface area contributed by atoms with Crippen molar-refractivity contribution in [2.75, 3.05) is 5.75 Å². The Morgan fingerprint density at radius 2 is 1.77 bits per heavy atom. The first-order valence-corrected chi connectivity index (χ1v) is 11.6. The third-order valence-corrected chi connectivity index (χ3v) is 6.47. The van der Waals surface area contributed by atoms with Crippen LogP contribution in [-0.4, -0.2) is 34.6 Å². The molecule has 6 heteroatoms. The lowest BCUT2D eigenvalue weighted by atomic mass is 10.1. The molecule has 1 unspecified atom stereocenters. The summed E-state index contributed by atoms with van der Waals surface area (Å²) in [7, 11) is 0. The van der Waals surface area contributed by atoms with E-state index in [1.807, 2.05) is 30.3 Å². The Morgan fingerprint density at radius 3 is 2.47 bits per heavy atom. The fourth-order valence-electron chi connectivity index (χ4n) is 3.70. The van der Waals surface area contributed by atoms with Gasteiger partial charge in [0.15, 0.2) is 0 Å². The molecule has 0 bridgehead atoms. The molecule has 2 amide bonds. The van der Waals surface area contributed by atoms with E-state index in [0.717, 1.165) is 31.2 Å². The number of hydrogen-bond acceptors (Lipinski definition) is 3. The summed E-state index contributed by atoms with van der Waals surface area (Å²) >= 11 is 1.37. The molecule has 0 aliphatic heterocycles. The first-order chi connectivity index (χ1) is 14.5. The van der Waals surface area contributed by atoms with E-state index >= 15 is 0 Å². The van der Waals surface area contributed by atoms with Crippen molar-refractivity contribution in [3.63, 3.8) is 0 Å². The molecule has 1 fully saturated rings. The molecule has 0 saturated heterocycles. The van der Waals surface area contributed by atoms with Crippen molar-refractivity contribution in [2.45, 2.75) is 57.0 Å². The molecule has 4 nitrogen and oxygen atoms in total. The van der Waals surface area contributed by atoms with E-state index in [2.05, 4.69) is 5.32 Å². The van der Waals surface area contributed by atoms with Gasteiger partial charge in [-0.25, -0.2) is 4.39 Å². The lowest BCUT2D eigenvalue weighted by Crippen LogP contribution is -2.50. The topological polar surface area (TPSA) is 49.4 Å². The number of halogens is 1. The van der Waals surface area contributed by atoms with E-state index in [0.29, 0.717) is 17.9 Å². The van der Waals surface area contributed by atoms with E-state index in [1.165, 1.54) is 17.8 Å². The average molecular weight is 429 g/mol. The minimum Gasteiger partial charge on any atom is -0.352 e. The summed E-state index contributed by atoms with van der Waals surface area (Å²) in [5, 5.41) is 3.10. The maximum Gasteiger partial charge on any atom is 0.242 e. The number of nitrogens with zero attached hydrogens (tertiary/aromatic N) is 1. The molecule has 3 rings (SSSR count). The molecule has 0 spiro atoms. The first kappa shape index (κ1) is 22.3. The van der Waals surface area contributed by atoms with E-state index in [9.17, 15) is 14.0 Å². The minimum absolute atomic E-state index is 0.106. The van der Waals surface area contributed by atoms with Crippen LogP contribution in [0.5, 0.6) is 0 Å². The summed E-state index contributed by atoms with van der Waals surface area (Å²) in [5.74, 6) is 0.130. The van der Waals surface area contributed by atoms with Crippen LogP contribution in [0.4, 0.5) is 4.39 Å². The molecule has 2 aromatic carbocycles. The largest absolute Gasteiger partial charge is 0.352 e. The van der Waals surface area contributed by atoms with Gasteiger partial charge in [0.25, 0.3) is 0 Å². The number of benzene rings is 2. The number of hydrogen-bond donors (Lipinski definition) is 1. The molecule has 0 radical (unpaired) electrons. The molecule has 0 heterocycles. The smallest absolute Gasteiger partial charge is 0.242 e. The van der Waals surface area contributed by atoms with Gasteiger partial charge in [0.2, 0.25) is 11.8 Å². The highest BCUT2D eigenvalue weighted by molar-refractivity contribution is 7.99. The Morgan fingerprint density at radius 1 is 1.10 bits per heavy atom. The second-order valence-corrected chi connectivity index (χ2v) is 8.74. The summed E-state index contributed by atoms with van der Waals surface area (Å²) in [6.45, 7) is 2.16. The van der Waals surface area contributed by atoms with Crippen molar-refractivity contribution in [1.82, 2.24) is 10.2 Å². The molecular formula is C24H29FN2O2S. The summed E-state index contributed by atoms with van der Waals surface area (Å²) < 4.78 is 13.8. The van der Waals surface area contributed by atoms with Crippen LogP contribution in [0.15, 0.2) is 54.6 Å². The molecule has 0 aromatic heterocycles. The van der Waals surface area contributed by atoms with Gasteiger partial charge in [-0.2, -0.15) is 0 Å². The van der Waals surface area contributed by atoms with Crippen molar-refractivity contribution in [1.29, 1.82) is 0 Å². The van der Waals surface area contributed by atoms with E-state index < -0.39 is 6.04 Å². The van der Waals surface area contributed by atoms with Crippen LogP contribution in [0.2, 0.25) is 0 Å². The van der Waals surface area contributed by atoms with Crippen LogP contribution in [0, 0.1) is 5.82 Å². The standard InChI is InChI=1S/C24H29FN2O2S/c1-18(24(29)26-21-12-6-7-13-21)27(15-19-9-3-2-4-10-19)23(28)17-30-16-20-11-5-8-14-22(20)25/h2-5,8-11,14,18,21H,6-7,12-13,15-17H2,1H3,(H,26,29). The van der Waals surface area contributed by atoms with Gasteiger partial charge in [0.05, 0.1) is 5.75 Å². The molecule has 1 saturated carbocycles. The Balaban J connectivity index is 1.63. The first-order valence-electron chi connectivity index (χ1n) is 10.5. The SMILES string of the molecule is CC(C(=O)NC1CCCC1)N(Cc1ccccc1)C(=O)CSCc1ccccc1F. The molecular weight excluding hydrogens is 399 g/mol. The van der Waals surface area contributed by atoms with Crippen LogP contribution in [0.3, 0.4) is 0 Å². The van der Waals surface area contributed by atoms with Gasteiger partial charge in [-0.3, -0.25) is 9.59 Å². The predicted molar refractivity (Wildman–Crippen MR) is 119 cm³/mol. The fraction of sp³-hybridized carbons (Fsp3) is 0.417. The average Bonchev–Trinajstić information content (AvgIpc) is 3.26. The molecule has 1 aliphatic rings. The molecule has 160 valence electrons. The number of rotatable bonds is 9. The monoisotopic (exact) mass is 428 g/mol. The third-order valence-electron chi connectivity index (χ3n) is 5.51. The quantitative estimate of drug-likeness (QED) is 0.638. The predicted octanol–water partition coefficient (Wildman–Crippen LogP) is 4.54. The van der Waals surface area contributed by atoms with Crippen LogP contribution >= 0.6 is 11.8 Å². The third kappa shape index (κ3) is 6.33. The van der Waals surface area contributed by atoms with E-state index in [1.54, 1.807) is 30.0 Å². The normalized spacial score (nSPS) is 15.0. The van der Waals surface area contributed by atoms with Gasteiger partial charge in [-0.05, 0) is 37.0 Å². The number of carbonyl (C=O) groups excluding carboxylic acids is 2. The second-order valence-electron chi connectivity index (χ2n) is 7.76. The van der Waals surface area contributed by atoms with Crippen LogP contribution in [0.1, 0.15) is 43.7 Å². The summed E-state index contributed by atoms with van der Waals surface area (Å²) in [6.07, 6.45) is 4.28. The summed E-state index contributed by atoms with van der Waals surface area (Å²) in [6, 6.07) is 15.9. The maximum absolute atomic E-state index is 13.8. The Hall–Kier alpha value is -2.34. The minimum atomic E-state index is -0.563. The Kier molecular flexibility index (Phi) is 8.31. The zero-order valence-corrected chi connectivity index (χ0v) is 18.2. The van der Waals surface area contributed by atoms with Crippen LogP contribution in [0.25, 0.3) is 0 Å². The highest BCUT2D eigenvalue weighted by atomic mass is 32.2. The van der Waals surface area contributed by atoms with Crippen LogP contribution < -0.4 is 5.32 Å². The Labute approximate surface area is 182 Å². The molecule has 30 heavy (non-hydrogen) atoms. The van der Waals surface area contributed by atoms with Crippen molar-refractivity contribution in [2.24, 2.45) is 0 Å². The van der Waals surface area contributed by atoms with Gasteiger partial charge in [-0.15, -0.1) is 11.8 Å².